The maximum atomic E-state index is 11.9. The molecule has 1 fully saturated rings. The molecule has 6 heteroatoms. The van der Waals surface area contributed by atoms with Crippen LogP contribution in [0.4, 0.5) is 0 Å². The van der Waals surface area contributed by atoms with Crippen LogP contribution in [0.15, 0.2) is 30.6 Å². The zero-order chi connectivity index (χ0) is 16.1. The molecule has 2 N–H and O–H groups in total. The van der Waals surface area contributed by atoms with Crippen molar-refractivity contribution in [2.75, 3.05) is 7.11 Å². The summed E-state index contributed by atoms with van der Waals surface area (Å²) in [4.78, 5) is 11.9. The number of ether oxygens (including phenoxy) is 2. The lowest BCUT2D eigenvalue weighted by Crippen LogP contribution is -2.22. The Kier molecular flexibility index (Phi) is 4.80. The first kappa shape index (κ1) is 15.4. The predicted octanol–water partition coefficient (Wildman–Crippen LogP) is 2.67. The quantitative estimate of drug-likeness (QED) is 0.859. The zero-order valence-electron chi connectivity index (χ0n) is 13.2. The fourth-order valence-electron chi connectivity index (χ4n) is 2.77. The summed E-state index contributed by atoms with van der Waals surface area (Å²) in [5.41, 5.74) is 1.48. The molecule has 2 aromatic rings. The van der Waals surface area contributed by atoms with Gasteiger partial charge in [0.15, 0.2) is 11.5 Å². The Morgan fingerprint density at radius 2 is 2.17 bits per heavy atom. The van der Waals surface area contributed by atoms with Crippen LogP contribution in [-0.2, 0) is 6.54 Å². The minimum Gasteiger partial charge on any atom is -0.493 e. The number of aromatic nitrogens is 2. The maximum Gasteiger partial charge on any atom is 0.254 e. The van der Waals surface area contributed by atoms with Crippen molar-refractivity contribution in [3.05, 3.63) is 41.7 Å². The lowest BCUT2D eigenvalue weighted by atomic mass is 10.2. The Balaban J connectivity index is 1.66. The smallest absolute Gasteiger partial charge is 0.254 e. The molecule has 1 amide bonds. The standard InChI is InChI=1S/C17H21N3O3/c1-22-15-7-6-12(8-16(15)23-14-4-2-3-5-14)9-18-17(21)13-10-19-20-11-13/h6-8,10-11,14H,2-5,9H2,1H3,(H,18,21)(H,19,20). The summed E-state index contributed by atoms with van der Waals surface area (Å²) >= 11 is 0. The van der Waals surface area contributed by atoms with Crippen molar-refractivity contribution in [3.63, 3.8) is 0 Å². The fraction of sp³-hybridized carbons (Fsp3) is 0.412. The molecule has 1 aliphatic carbocycles. The highest BCUT2D eigenvalue weighted by molar-refractivity contribution is 5.93. The van der Waals surface area contributed by atoms with Gasteiger partial charge >= 0.3 is 0 Å². The molecule has 1 saturated carbocycles. The molecule has 0 saturated heterocycles. The third kappa shape index (κ3) is 3.83. The van der Waals surface area contributed by atoms with E-state index in [1.54, 1.807) is 13.3 Å². The van der Waals surface area contributed by atoms with E-state index >= 15 is 0 Å². The average molecular weight is 315 g/mol. The van der Waals surface area contributed by atoms with Gasteiger partial charge in [0.2, 0.25) is 0 Å². The van der Waals surface area contributed by atoms with Crippen LogP contribution in [0.2, 0.25) is 0 Å². The van der Waals surface area contributed by atoms with Gasteiger partial charge < -0.3 is 14.8 Å². The van der Waals surface area contributed by atoms with Crippen LogP contribution in [0.25, 0.3) is 0 Å². The second-order valence-electron chi connectivity index (χ2n) is 5.68. The van der Waals surface area contributed by atoms with Gasteiger partial charge in [-0.25, -0.2) is 0 Å². The number of hydrogen-bond acceptors (Lipinski definition) is 4. The molecule has 0 unspecified atom stereocenters. The molecule has 23 heavy (non-hydrogen) atoms. The number of nitrogens with zero attached hydrogens (tertiary/aromatic N) is 1. The minimum atomic E-state index is -0.159. The Labute approximate surface area is 135 Å². The first-order chi connectivity index (χ1) is 11.3. The van der Waals surface area contributed by atoms with E-state index in [0.29, 0.717) is 12.1 Å². The molecule has 1 heterocycles. The van der Waals surface area contributed by atoms with Crippen molar-refractivity contribution in [1.29, 1.82) is 0 Å². The molecule has 122 valence electrons. The van der Waals surface area contributed by atoms with Gasteiger partial charge in [0, 0.05) is 12.7 Å². The monoisotopic (exact) mass is 315 g/mol. The second-order valence-corrected chi connectivity index (χ2v) is 5.68. The van der Waals surface area contributed by atoms with E-state index in [9.17, 15) is 4.79 Å². The van der Waals surface area contributed by atoms with Gasteiger partial charge in [0.1, 0.15) is 0 Å². The molecule has 3 rings (SSSR count). The molecule has 6 nitrogen and oxygen atoms in total. The Bertz CT molecular complexity index is 649. The summed E-state index contributed by atoms with van der Waals surface area (Å²) in [6, 6.07) is 5.74. The summed E-state index contributed by atoms with van der Waals surface area (Å²) in [5.74, 6) is 1.31. The van der Waals surface area contributed by atoms with Crippen LogP contribution in [0.5, 0.6) is 11.5 Å². The van der Waals surface area contributed by atoms with Crippen molar-refractivity contribution in [2.24, 2.45) is 0 Å². The molecular weight excluding hydrogens is 294 g/mol. The highest BCUT2D eigenvalue weighted by atomic mass is 16.5. The number of aromatic amines is 1. The summed E-state index contributed by atoms with van der Waals surface area (Å²) in [5, 5.41) is 9.26. The highest BCUT2D eigenvalue weighted by Gasteiger charge is 2.18. The summed E-state index contributed by atoms with van der Waals surface area (Å²) < 4.78 is 11.4. The van der Waals surface area contributed by atoms with Gasteiger partial charge in [0.05, 0.1) is 25.0 Å². The molecular formula is C17H21N3O3. The van der Waals surface area contributed by atoms with Crippen molar-refractivity contribution >= 4 is 5.91 Å². The van der Waals surface area contributed by atoms with Gasteiger partial charge in [0.25, 0.3) is 5.91 Å². The summed E-state index contributed by atoms with van der Waals surface area (Å²) in [6.07, 6.45) is 7.94. The van der Waals surface area contributed by atoms with E-state index in [2.05, 4.69) is 15.5 Å². The Hall–Kier alpha value is -2.50. The number of carbonyl (C=O) groups is 1. The van der Waals surface area contributed by atoms with Gasteiger partial charge in [-0.1, -0.05) is 6.07 Å². The molecule has 0 spiro atoms. The van der Waals surface area contributed by atoms with E-state index in [1.807, 2.05) is 18.2 Å². The average Bonchev–Trinajstić information content (AvgIpc) is 3.26. The molecule has 1 aliphatic rings. The van der Waals surface area contributed by atoms with Gasteiger partial charge in [-0.3, -0.25) is 9.89 Å². The number of methoxy groups -OCH3 is 1. The van der Waals surface area contributed by atoms with Gasteiger partial charge in [-0.15, -0.1) is 0 Å². The van der Waals surface area contributed by atoms with Crippen LogP contribution in [-0.4, -0.2) is 29.3 Å². The normalized spacial score (nSPS) is 14.7. The highest BCUT2D eigenvalue weighted by Crippen LogP contribution is 2.32. The SMILES string of the molecule is COc1ccc(CNC(=O)c2cn[nH]c2)cc1OC1CCCC1. The molecule has 0 radical (unpaired) electrons. The lowest BCUT2D eigenvalue weighted by molar-refractivity contribution is 0.0951. The number of carbonyl (C=O) groups excluding carboxylic acids is 1. The van der Waals surface area contributed by atoms with Crippen LogP contribution >= 0.6 is 0 Å². The fourth-order valence-corrected chi connectivity index (χ4v) is 2.77. The number of hydrogen-bond donors (Lipinski definition) is 2. The summed E-state index contributed by atoms with van der Waals surface area (Å²) in [7, 11) is 1.64. The van der Waals surface area contributed by atoms with Crippen molar-refractivity contribution in [1.82, 2.24) is 15.5 Å². The molecule has 1 aromatic heterocycles. The largest absolute Gasteiger partial charge is 0.493 e. The number of nitrogens with one attached hydrogen (secondary N) is 2. The number of H-pyrrole nitrogens is 1. The van der Waals surface area contributed by atoms with E-state index < -0.39 is 0 Å². The topological polar surface area (TPSA) is 76.2 Å². The number of rotatable bonds is 6. The summed E-state index contributed by atoms with van der Waals surface area (Å²) in [6.45, 7) is 0.426. The molecule has 0 bridgehead atoms. The van der Waals surface area contributed by atoms with E-state index in [0.717, 1.165) is 29.9 Å². The molecule has 0 atom stereocenters. The Morgan fingerprint density at radius 3 is 2.87 bits per heavy atom. The molecule has 1 aromatic carbocycles. The van der Waals surface area contributed by atoms with Crippen molar-refractivity contribution in [3.8, 4) is 11.5 Å². The van der Waals surface area contributed by atoms with E-state index in [1.165, 1.54) is 19.0 Å². The minimum absolute atomic E-state index is 0.159. The van der Waals surface area contributed by atoms with Gasteiger partial charge in [-0.2, -0.15) is 5.10 Å². The van der Waals surface area contributed by atoms with Crippen LogP contribution < -0.4 is 14.8 Å². The van der Waals surface area contributed by atoms with E-state index in [4.69, 9.17) is 9.47 Å². The second kappa shape index (κ2) is 7.17. The first-order valence-corrected chi connectivity index (χ1v) is 7.87. The predicted molar refractivity (Wildman–Crippen MR) is 85.6 cm³/mol. The van der Waals surface area contributed by atoms with Crippen LogP contribution in [0.3, 0.4) is 0 Å². The van der Waals surface area contributed by atoms with Crippen LogP contribution in [0, 0.1) is 0 Å². The van der Waals surface area contributed by atoms with Gasteiger partial charge in [-0.05, 0) is 43.4 Å². The number of amides is 1. The lowest BCUT2D eigenvalue weighted by Gasteiger charge is -2.17. The first-order valence-electron chi connectivity index (χ1n) is 7.87. The maximum absolute atomic E-state index is 11.9. The number of benzene rings is 1. The van der Waals surface area contributed by atoms with Crippen molar-refractivity contribution in [2.45, 2.75) is 38.3 Å². The Morgan fingerprint density at radius 1 is 1.35 bits per heavy atom. The third-order valence-electron chi connectivity index (χ3n) is 4.04. The third-order valence-corrected chi connectivity index (χ3v) is 4.04. The van der Waals surface area contributed by atoms with Crippen molar-refractivity contribution < 1.29 is 14.3 Å². The molecule has 0 aliphatic heterocycles. The van der Waals surface area contributed by atoms with Crippen LogP contribution in [0.1, 0.15) is 41.6 Å². The van der Waals surface area contributed by atoms with E-state index in [-0.39, 0.29) is 12.0 Å². The zero-order valence-corrected chi connectivity index (χ0v) is 13.2.